The third kappa shape index (κ3) is 2.69. The van der Waals surface area contributed by atoms with Crippen molar-refractivity contribution >= 4 is 5.82 Å². The van der Waals surface area contributed by atoms with Crippen LogP contribution in [0.1, 0.15) is 56.3 Å². The Balaban J connectivity index is 1.74. The number of hydrogen-bond acceptors (Lipinski definition) is 3. The zero-order valence-corrected chi connectivity index (χ0v) is 14.2. The number of halogens is 3. The monoisotopic (exact) mass is 350 g/mol. The van der Waals surface area contributed by atoms with E-state index >= 15 is 0 Å². The summed E-state index contributed by atoms with van der Waals surface area (Å²) >= 11 is 0. The molecule has 0 bridgehead atoms. The molecular weight excluding hydrogens is 329 g/mol. The van der Waals surface area contributed by atoms with Crippen LogP contribution in [-0.2, 0) is 6.18 Å². The largest absolute Gasteiger partial charge is 0.419 e. The lowest BCUT2D eigenvalue weighted by Crippen LogP contribution is -2.10. The van der Waals surface area contributed by atoms with Gasteiger partial charge in [-0.1, -0.05) is 6.42 Å². The zero-order valence-electron chi connectivity index (χ0n) is 14.2. The van der Waals surface area contributed by atoms with E-state index in [-0.39, 0.29) is 6.04 Å². The molecule has 2 heterocycles. The first-order valence-electron chi connectivity index (χ1n) is 8.70. The van der Waals surface area contributed by atoms with Crippen LogP contribution >= 0.6 is 0 Å². The number of nitrogen functional groups attached to an aromatic ring is 1. The molecule has 3 atom stereocenters. The van der Waals surface area contributed by atoms with Gasteiger partial charge >= 0.3 is 6.18 Å². The molecule has 0 spiro atoms. The minimum Gasteiger partial charge on any atom is -0.383 e. The summed E-state index contributed by atoms with van der Waals surface area (Å²) in [6.45, 7) is 4.08. The average molecular weight is 350 g/mol. The van der Waals surface area contributed by atoms with E-state index in [1.54, 1.807) is 0 Å². The van der Waals surface area contributed by atoms with Gasteiger partial charge in [-0.2, -0.15) is 18.3 Å². The average Bonchev–Trinajstić information content (AvgIpc) is 2.93. The van der Waals surface area contributed by atoms with Gasteiger partial charge in [0.05, 0.1) is 11.3 Å². The lowest BCUT2D eigenvalue weighted by Gasteiger charge is -2.12. The molecule has 0 amide bonds. The van der Waals surface area contributed by atoms with Gasteiger partial charge in [0.25, 0.3) is 0 Å². The Morgan fingerprint density at radius 1 is 1.20 bits per heavy atom. The Morgan fingerprint density at radius 2 is 1.88 bits per heavy atom. The minimum atomic E-state index is -4.52. The maximum Gasteiger partial charge on any atom is 0.419 e. The number of nitrogens with two attached hydrogens (primary N) is 1. The van der Waals surface area contributed by atoms with Crippen molar-refractivity contribution in [2.75, 3.05) is 5.73 Å². The van der Waals surface area contributed by atoms with Crippen LogP contribution in [0.25, 0.3) is 11.3 Å². The van der Waals surface area contributed by atoms with Gasteiger partial charge in [0.1, 0.15) is 5.82 Å². The molecule has 7 heteroatoms. The van der Waals surface area contributed by atoms with Crippen molar-refractivity contribution in [3.05, 3.63) is 29.6 Å². The van der Waals surface area contributed by atoms with Crippen LogP contribution in [-0.4, -0.2) is 14.8 Å². The van der Waals surface area contributed by atoms with Gasteiger partial charge < -0.3 is 5.73 Å². The number of pyridine rings is 1. The second-order valence-electron chi connectivity index (χ2n) is 7.43. The highest BCUT2D eigenvalue weighted by Gasteiger charge is 2.54. The molecule has 2 aromatic heterocycles. The van der Waals surface area contributed by atoms with Crippen molar-refractivity contribution in [2.24, 2.45) is 11.8 Å². The van der Waals surface area contributed by atoms with Gasteiger partial charge in [-0.15, -0.1) is 0 Å². The Hall–Kier alpha value is -2.05. The van der Waals surface area contributed by atoms with Crippen molar-refractivity contribution < 1.29 is 13.2 Å². The van der Waals surface area contributed by atoms with Crippen molar-refractivity contribution in [1.29, 1.82) is 0 Å². The number of aromatic nitrogens is 3. The smallest absolute Gasteiger partial charge is 0.383 e. The number of hydrogen-bond donors (Lipinski definition) is 1. The SMILES string of the molecule is CC(C)n1nc(-c2cnc(N)c(C(F)(F)F)c2)cc1[C@H]1[C@@H]2CCC[C@@H]21. The van der Waals surface area contributed by atoms with E-state index in [9.17, 15) is 13.2 Å². The number of anilines is 1. The van der Waals surface area contributed by atoms with Crippen LogP contribution in [0.2, 0.25) is 0 Å². The first kappa shape index (κ1) is 16.4. The van der Waals surface area contributed by atoms with E-state index in [4.69, 9.17) is 5.73 Å². The summed E-state index contributed by atoms with van der Waals surface area (Å²) in [5, 5.41) is 4.59. The van der Waals surface area contributed by atoms with Crippen molar-refractivity contribution in [1.82, 2.24) is 14.8 Å². The van der Waals surface area contributed by atoms with Gasteiger partial charge in [0.15, 0.2) is 0 Å². The van der Waals surface area contributed by atoms with Gasteiger partial charge in [0, 0.05) is 29.4 Å². The van der Waals surface area contributed by atoms with E-state index in [1.807, 2.05) is 24.6 Å². The summed E-state index contributed by atoms with van der Waals surface area (Å²) in [5.74, 6) is 1.44. The topological polar surface area (TPSA) is 56.7 Å². The molecule has 25 heavy (non-hydrogen) atoms. The van der Waals surface area contributed by atoms with Crippen LogP contribution in [0, 0.1) is 11.8 Å². The highest BCUT2D eigenvalue weighted by molar-refractivity contribution is 5.63. The summed E-state index contributed by atoms with van der Waals surface area (Å²) in [6, 6.07) is 3.15. The number of fused-ring (bicyclic) bond motifs is 1. The molecule has 2 aromatic rings. The quantitative estimate of drug-likeness (QED) is 0.877. The molecule has 0 aliphatic heterocycles. The summed E-state index contributed by atoms with van der Waals surface area (Å²) < 4.78 is 41.3. The van der Waals surface area contributed by atoms with Crippen molar-refractivity contribution in [3.8, 4) is 11.3 Å². The lowest BCUT2D eigenvalue weighted by molar-refractivity contribution is -0.137. The third-order valence-electron chi connectivity index (χ3n) is 5.52. The predicted molar refractivity (Wildman–Crippen MR) is 88.8 cm³/mol. The maximum atomic E-state index is 13.1. The molecule has 134 valence electrons. The molecule has 4 rings (SSSR count). The first-order valence-corrected chi connectivity index (χ1v) is 8.70. The molecule has 0 saturated heterocycles. The van der Waals surface area contributed by atoms with Crippen LogP contribution in [0.5, 0.6) is 0 Å². The standard InChI is InChI=1S/C18H21F3N4/c1-9(2)25-15(16-11-4-3-5-12(11)16)7-14(24-25)10-6-13(18(19,20)21)17(22)23-8-10/h6-9,11-12,16H,3-5H2,1-2H3,(H2,22,23)/t11-,12+,16+. The second kappa shape index (κ2) is 5.47. The van der Waals surface area contributed by atoms with E-state index in [2.05, 4.69) is 10.1 Å². The molecule has 2 aliphatic rings. The Labute approximate surface area is 144 Å². The summed E-state index contributed by atoms with van der Waals surface area (Å²) in [5.41, 5.74) is 6.52. The summed E-state index contributed by atoms with van der Waals surface area (Å²) in [4.78, 5) is 3.73. The minimum absolute atomic E-state index is 0.161. The fourth-order valence-electron chi connectivity index (χ4n) is 4.32. The van der Waals surface area contributed by atoms with Crippen LogP contribution in [0.15, 0.2) is 18.3 Å². The zero-order chi connectivity index (χ0) is 17.9. The highest BCUT2D eigenvalue weighted by Crippen LogP contribution is 2.63. The van der Waals surface area contributed by atoms with E-state index in [1.165, 1.54) is 25.5 Å². The lowest BCUT2D eigenvalue weighted by atomic mass is 10.1. The van der Waals surface area contributed by atoms with Gasteiger partial charge in [0.2, 0.25) is 0 Å². The molecule has 0 radical (unpaired) electrons. The van der Waals surface area contributed by atoms with Crippen molar-refractivity contribution in [2.45, 2.75) is 51.2 Å². The van der Waals surface area contributed by atoms with Crippen molar-refractivity contribution in [3.63, 3.8) is 0 Å². The molecule has 0 aromatic carbocycles. The molecule has 2 N–H and O–H groups in total. The molecule has 2 fully saturated rings. The molecule has 0 unspecified atom stereocenters. The molecule has 4 nitrogen and oxygen atoms in total. The van der Waals surface area contributed by atoms with E-state index in [0.717, 1.165) is 23.6 Å². The Bertz CT molecular complexity index is 799. The normalized spacial score (nSPS) is 25.4. The molecule has 2 saturated carbocycles. The van der Waals surface area contributed by atoms with Crippen LogP contribution in [0.3, 0.4) is 0 Å². The third-order valence-corrected chi connectivity index (χ3v) is 5.52. The Kier molecular flexibility index (Phi) is 3.60. The second-order valence-corrected chi connectivity index (χ2v) is 7.43. The van der Waals surface area contributed by atoms with Gasteiger partial charge in [-0.25, -0.2) is 4.98 Å². The Morgan fingerprint density at radius 3 is 2.48 bits per heavy atom. The highest BCUT2D eigenvalue weighted by atomic mass is 19.4. The fourth-order valence-corrected chi connectivity index (χ4v) is 4.32. The van der Waals surface area contributed by atoms with E-state index in [0.29, 0.717) is 17.2 Å². The predicted octanol–water partition coefficient (Wildman–Crippen LogP) is 4.64. The van der Waals surface area contributed by atoms with Gasteiger partial charge in [-0.3, -0.25) is 4.68 Å². The summed E-state index contributed by atoms with van der Waals surface area (Å²) in [7, 11) is 0. The van der Waals surface area contributed by atoms with Crippen LogP contribution < -0.4 is 5.73 Å². The van der Waals surface area contributed by atoms with Gasteiger partial charge in [-0.05, 0) is 50.7 Å². The first-order chi connectivity index (χ1) is 11.8. The number of rotatable bonds is 3. The number of nitrogens with zero attached hydrogens (tertiary/aromatic N) is 3. The maximum absolute atomic E-state index is 13.1. The number of alkyl halides is 3. The summed E-state index contributed by atoms with van der Waals surface area (Å²) in [6.07, 6.45) is 0.621. The van der Waals surface area contributed by atoms with E-state index < -0.39 is 17.6 Å². The van der Waals surface area contributed by atoms with Crippen LogP contribution in [0.4, 0.5) is 19.0 Å². The molecular formula is C18H21F3N4. The fraction of sp³-hybridized carbons (Fsp3) is 0.556. The molecule has 2 aliphatic carbocycles.